The number of sulfonamides is 1. The maximum Gasteiger partial charge on any atom is 0.241 e. The Hall–Kier alpha value is -2.97. The summed E-state index contributed by atoms with van der Waals surface area (Å²) in [6.07, 6.45) is 1.72. The lowest BCUT2D eigenvalue weighted by molar-refractivity contribution is 0.491. The highest BCUT2D eigenvalue weighted by molar-refractivity contribution is 7.89. The van der Waals surface area contributed by atoms with E-state index in [0.717, 1.165) is 11.3 Å². The molecule has 0 saturated heterocycles. The summed E-state index contributed by atoms with van der Waals surface area (Å²) in [7, 11) is -3.64. The van der Waals surface area contributed by atoms with E-state index >= 15 is 0 Å². The summed E-state index contributed by atoms with van der Waals surface area (Å²) >= 11 is 0. The van der Waals surface area contributed by atoms with Gasteiger partial charge in [-0.15, -0.1) is 0 Å². The smallest absolute Gasteiger partial charge is 0.241 e. The Morgan fingerprint density at radius 1 is 0.938 bits per heavy atom. The van der Waals surface area contributed by atoms with Gasteiger partial charge in [0.2, 0.25) is 16.0 Å². The first-order chi connectivity index (χ1) is 14.9. The third kappa shape index (κ3) is 6.27. The summed E-state index contributed by atoms with van der Waals surface area (Å²) in [5.74, 6) is 1.52. The van der Waals surface area contributed by atoms with Gasteiger partial charge in [-0.3, -0.25) is 0 Å². The molecule has 3 aromatic rings. The van der Waals surface area contributed by atoms with Crippen molar-refractivity contribution in [3.05, 3.63) is 65.9 Å². The number of hydrogen-bond donors (Lipinski definition) is 3. The molecule has 0 spiro atoms. The Morgan fingerprint density at radius 2 is 1.62 bits per heavy atom. The van der Waals surface area contributed by atoms with E-state index in [1.807, 2.05) is 39.8 Å². The van der Waals surface area contributed by atoms with E-state index in [9.17, 15) is 8.42 Å². The van der Waals surface area contributed by atoms with E-state index in [0.29, 0.717) is 23.4 Å². The van der Waals surface area contributed by atoms with Crippen LogP contribution < -0.4 is 15.4 Å². The fourth-order valence-electron chi connectivity index (χ4n) is 3.05. The molecule has 0 unspecified atom stereocenters. The van der Waals surface area contributed by atoms with Crippen LogP contribution in [0.4, 0.5) is 23.1 Å². The molecule has 0 fully saturated rings. The van der Waals surface area contributed by atoms with Crippen molar-refractivity contribution in [2.45, 2.75) is 57.9 Å². The molecule has 0 amide bonds. The fraction of sp³-hybridized carbons (Fsp3) is 0.333. The summed E-state index contributed by atoms with van der Waals surface area (Å²) in [4.78, 5) is 9.12. The molecule has 3 N–H and O–H groups in total. The van der Waals surface area contributed by atoms with Gasteiger partial charge in [0.05, 0.1) is 4.90 Å². The van der Waals surface area contributed by atoms with E-state index in [1.54, 1.807) is 30.5 Å². The highest BCUT2D eigenvalue weighted by Gasteiger charge is 2.22. The van der Waals surface area contributed by atoms with Gasteiger partial charge in [-0.2, -0.15) is 4.98 Å². The van der Waals surface area contributed by atoms with Crippen LogP contribution in [0.25, 0.3) is 0 Å². The Kier molecular flexibility index (Phi) is 6.85. The van der Waals surface area contributed by atoms with Crippen LogP contribution in [0.3, 0.4) is 0 Å². The van der Waals surface area contributed by atoms with Crippen LogP contribution in [0.2, 0.25) is 0 Å². The van der Waals surface area contributed by atoms with Crippen LogP contribution in [-0.4, -0.2) is 23.9 Å². The quantitative estimate of drug-likeness (QED) is 0.439. The largest absolute Gasteiger partial charge is 0.340 e. The van der Waals surface area contributed by atoms with Crippen molar-refractivity contribution in [2.75, 3.05) is 10.6 Å². The van der Waals surface area contributed by atoms with E-state index in [4.69, 9.17) is 0 Å². The standard InChI is InChI=1S/C24H31N5O2S/c1-16(2)18-10-12-19(13-11-18)27-23-25-15-17(3)22(28-23)26-20-8-7-9-21(14-20)32(30,31)29-24(4,5)6/h7-16,29H,1-6H3,(H2,25,26,27,28). The molecule has 3 rings (SSSR count). The molecule has 0 saturated carbocycles. The number of nitrogens with one attached hydrogen (secondary N) is 3. The van der Waals surface area contributed by atoms with Crippen LogP contribution >= 0.6 is 0 Å². The summed E-state index contributed by atoms with van der Waals surface area (Å²) < 4.78 is 28.0. The number of rotatable bonds is 7. The van der Waals surface area contributed by atoms with Gasteiger partial charge in [0.1, 0.15) is 5.82 Å². The molecule has 32 heavy (non-hydrogen) atoms. The third-order valence-corrected chi connectivity index (χ3v) is 6.41. The van der Waals surface area contributed by atoms with E-state index in [-0.39, 0.29) is 4.90 Å². The fourth-order valence-corrected chi connectivity index (χ4v) is 4.51. The van der Waals surface area contributed by atoms with Gasteiger partial charge in [-0.25, -0.2) is 18.1 Å². The Labute approximate surface area is 190 Å². The summed E-state index contributed by atoms with van der Waals surface area (Å²) in [5.41, 5.74) is 3.05. The van der Waals surface area contributed by atoms with Gasteiger partial charge in [0.15, 0.2) is 0 Å². The first-order valence-electron chi connectivity index (χ1n) is 10.5. The predicted molar refractivity (Wildman–Crippen MR) is 130 cm³/mol. The maximum absolute atomic E-state index is 12.7. The lowest BCUT2D eigenvalue weighted by Gasteiger charge is -2.20. The van der Waals surface area contributed by atoms with Gasteiger partial charge in [-0.05, 0) is 69.5 Å². The van der Waals surface area contributed by atoms with Crippen LogP contribution in [0.5, 0.6) is 0 Å². The molecule has 2 aromatic carbocycles. The van der Waals surface area contributed by atoms with Crippen molar-refractivity contribution in [2.24, 2.45) is 0 Å². The van der Waals surface area contributed by atoms with Gasteiger partial charge in [0.25, 0.3) is 0 Å². The summed E-state index contributed by atoms with van der Waals surface area (Å²) in [5, 5.41) is 6.43. The average Bonchev–Trinajstić information content (AvgIpc) is 2.69. The van der Waals surface area contributed by atoms with Crippen molar-refractivity contribution < 1.29 is 8.42 Å². The molecule has 170 valence electrons. The van der Waals surface area contributed by atoms with E-state index in [2.05, 4.69) is 51.3 Å². The minimum absolute atomic E-state index is 0.188. The second-order valence-electron chi connectivity index (χ2n) is 9.14. The molecule has 0 aliphatic heterocycles. The molecule has 1 aromatic heterocycles. The first-order valence-corrected chi connectivity index (χ1v) is 12.0. The van der Waals surface area contributed by atoms with Gasteiger partial charge < -0.3 is 10.6 Å². The minimum Gasteiger partial charge on any atom is -0.340 e. The van der Waals surface area contributed by atoms with Crippen molar-refractivity contribution in [3.8, 4) is 0 Å². The predicted octanol–water partition coefficient (Wildman–Crippen LogP) is 5.47. The number of nitrogens with zero attached hydrogens (tertiary/aromatic N) is 2. The van der Waals surface area contributed by atoms with Crippen molar-refractivity contribution in [3.63, 3.8) is 0 Å². The number of benzene rings is 2. The van der Waals surface area contributed by atoms with Gasteiger partial charge in [0, 0.05) is 28.7 Å². The zero-order valence-corrected chi connectivity index (χ0v) is 20.2. The molecule has 0 bridgehead atoms. The van der Waals surface area contributed by atoms with Crippen LogP contribution in [-0.2, 0) is 10.0 Å². The minimum atomic E-state index is -3.64. The molecule has 0 radical (unpaired) electrons. The van der Waals surface area contributed by atoms with Crippen molar-refractivity contribution >= 4 is 33.2 Å². The summed E-state index contributed by atoms with van der Waals surface area (Å²) in [6.45, 7) is 11.6. The number of aromatic nitrogens is 2. The molecule has 8 heteroatoms. The van der Waals surface area contributed by atoms with Crippen LogP contribution in [0.15, 0.2) is 59.6 Å². The van der Waals surface area contributed by atoms with Gasteiger partial charge >= 0.3 is 0 Å². The van der Waals surface area contributed by atoms with E-state index in [1.165, 1.54) is 5.56 Å². The molecular formula is C24H31N5O2S. The van der Waals surface area contributed by atoms with E-state index < -0.39 is 15.6 Å². The Balaban J connectivity index is 1.81. The zero-order chi connectivity index (χ0) is 23.5. The second-order valence-corrected chi connectivity index (χ2v) is 10.8. The topological polar surface area (TPSA) is 96.0 Å². The lowest BCUT2D eigenvalue weighted by Crippen LogP contribution is -2.40. The maximum atomic E-state index is 12.7. The second kappa shape index (κ2) is 9.26. The van der Waals surface area contributed by atoms with Crippen LogP contribution in [0.1, 0.15) is 51.7 Å². The average molecular weight is 454 g/mol. The molecule has 0 aliphatic carbocycles. The molecule has 0 atom stereocenters. The van der Waals surface area contributed by atoms with Gasteiger partial charge in [-0.1, -0.05) is 32.0 Å². The first kappa shape index (κ1) is 23.7. The monoisotopic (exact) mass is 453 g/mol. The number of aryl methyl sites for hydroxylation is 1. The third-order valence-electron chi connectivity index (χ3n) is 4.65. The Morgan fingerprint density at radius 3 is 2.25 bits per heavy atom. The van der Waals surface area contributed by atoms with Crippen molar-refractivity contribution in [1.82, 2.24) is 14.7 Å². The zero-order valence-electron chi connectivity index (χ0n) is 19.4. The highest BCUT2D eigenvalue weighted by atomic mass is 32.2. The Bertz CT molecular complexity index is 1180. The molecule has 1 heterocycles. The SMILES string of the molecule is Cc1cnc(Nc2ccc(C(C)C)cc2)nc1Nc1cccc(S(=O)(=O)NC(C)(C)C)c1. The molecular weight excluding hydrogens is 422 g/mol. The number of anilines is 4. The number of hydrogen-bond acceptors (Lipinski definition) is 6. The van der Waals surface area contributed by atoms with Crippen molar-refractivity contribution in [1.29, 1.82) is 0 Å². The summed E-state index contributed by atoms with van der Waals surface area (Å²) in [6, 6.07) is 14.8. The van der Waals surface area contributed by atoms with Crippen LogP contribution in [0, 0.1) is 6.92 Å². The lowest BCUT2D eigenvalue weighted by atomic mass is 10.0. The molecule has 7 nitrogen and oxygen atoms in total. The molecule has 0 aliphatic rings. The highest BCUT2D eigenvalue weighted by Crippen LogP contribution is 2.24. The normalized spacial score (nSPS) is 12.1.